The number of aromatic nitrogens is 2. The highest BCUT2D eigenvalue weighted by atomic mass is 19.1. The third-order valence-electron chi connectivity index (χ3n) is 3.73. The van der Waals surface area contributed by atoms with Gasteiger partial charge in [-0.25, -0.2) is 18.7 Å². The van der Waals surface area contributed by atoms with Gasteiger partial charge in [0.25, 0.3) is 0 Å². The summed E-state index contributed by atoms with van der Waals surface area (Å²) in [5.74, 6) is -0.599. The van der Waals surface area contributed by atoms with E-state index in [-0.39, 0.29) is 5.56 Å². The molecule has 1 unspecified atom stereocenters. The Morgan fingerprint density at radius 1 is 1.00 bits per heavy atom. The molecule has 0 fully saturated rings. The molecule has 0 aliphatic carbocycles. The molecule has 0 spiro atoms. The first-order valence-electron chi connectivity index (χ1n) is 7.34. The zero-order valence-corrected chi connectivity index (χ0v) is 12.4. The van der Waals surface area contributed by atoms with Crippen LogP contribution in [0.5, 0.6) is 5.75 Å². The van der Waals surface area contributed by atoms with Crippen molar-refractivity contribution in [2.45, 2.75) is 12.9 Å². The molecular formula is C18H12F2N2O2. The fraction of sp³-hybridized carbons (Fsp3) is 0.111. The Balaban J connectivity index is 1.66. The first-order chi connectivity index (χ1) is 11.7. The maximum Gasteiger partial charge on any atom is 0.244 e. The van der Waals surface area contributed by atoms with Gasteiger partial charge in [-0.05, 0) is 24.3 Å². The maximum absolute atomic E-state index is 13.9. The van der Waals surface area contributed by atoms with Crippen molar-refractivity contribution in [2.75, 3.05) is 0 Å². The Bertz CT molecular complexity index is 902. The number of halogens is 2. The number of hydrogen-bond acceptors (Lipinski definition) is 4. The minimum Gasteiger partial charge on any atom is -0.459 e. The Kier molecular flexibility index (Phi) is 3.66. The van der Waals surface area contributed by atoms with Gasteiger partial charge < -0.3 is 9.47 Å². The summed E-state index contributed by atoms with van der Waals surface area (Å²) in [4.78, 5) is 8.21. The maximum atomic E-state index is 13.9. The van der Waals surface area contributed by atoms with Gasteiger partial charge in [0, 0.05) is 17.2 Å². The topological polar surface area (TPSA) is 44.2 Å². The average Bonchev–Trinajstić information content (AvgIpc) is 2.61. The number of nitrogens with zero attached hydrogens (tertiary/aromatic N) is 2. The second kappa shape index (κ2) is 5.98. The van der Waals surface area contributed by atoms with Gasteiger partial charge in [0.2, 0.25) is 6.29 Å². The summed E-state index contributed by atoms with van der Waals surface area (Å²) in [5.41, 5.74) is 1.95. The molecule has 1 aliphatic rings. The highest BCUT2D eigenvalue weighted by molar-refractivity contribution is 5.60. The number of para-hydroxylation sites is 1. The summed E-state index contributed by atoms with van der Waals surface area (Å²) < 4.78 is 38.5. The molecule has 2 aromatic carbocycles. The van der Waals surface area contributed by atoms with E-state index in [1.54, 1.807) is 6.07 Å². The molecule has 120 valence electrons. The first-order valence-corrected chi connectivity index (χ1v) is 7.34. The summed E-state index contributed by atoms with van der Waals surface area (Å²) in [7, 11) is 0. The van der Waals surface area contributed by atoms with E-state index >= 15 is 0 Å². The molecule has 3 aromatic rings. The van der Waals surface area contributed by atoms with Crippen molar-refractivity contribution in [2.24, 2.45) is 0 Å². The van der Waals surface area contributed by atoms with Gasteiger partial charge in [-0.3, -0.25) is 0 Å². The van der Waals surface area contributed by atoms with Crippen LogP contribution in [-0.4, -0.2) is 9.97 Å². The third-order valence-corrected chi connectivity index (χ3v) is 3.73. The SMILES string of the molecule is Fc1ccc(-c2cc(C3OCc4ccccc4O3)ncn2)c(F)c1. The van der Waals surface area contributed by atoms with Crippen molar-refractivity contribution in [3.8, 4) is 17.0 Å². The summed E-state index contributed by atoms with van der Waals surface area (Å²) in [6, 6.07) is 12.5. The van der Waals surface area contributed by atoms with Gasteiger partial charge in [0.15, 0.2) is 0 Å². The zero-order valence-electron chi connectivity index (χ0n) is 12.4. The lowest BCUT2D eigenvalue weighted by Crippen LogP contribution is -2.19. The van der Waals surface area contributed by atoms with E-state index in [0.29, 0.717) is 18.0 Å². The van der Waals surface area contributed by atoms with Gasteiger partial charge in [-0.1, -0.05) is 18.2 Å². The lowest BCUT2D eigenvalue weighted by molar-refractivity contribution is -0.114. The van der Waals surface area contributed by atoms with E-state index in [1.807, 2.05) is 24.3 Å². The highest BCUT2D eigenvalue weighted by Gasteiger charge is 2.23. The monoisotopic (exact) mass is 326 g/mol. The van der Waals surface area contributed by atoms with E-state index in [1.165, 1.54) is 18.5 Å². The molecule has 1 aliphatic heterocycles. The van der Waals surface area contributed by atoms with Crippen molar-refractivity contribution in [3.05, 3.63) is 77.8 Å². The lowest BCUT2D eigenvalue weighted by Gasteiger charge is -2.25. The predicted octanol–water partition coefficient (Wildman–Crippen LogP) is 4.03. The van der Waals surface area contributed by atoms with Crippen LogP contribution >= 0.6 is 0 Å². The summed E-state index contributed by atoms with van der Waals surface area (Å²) in [5, 5.41) is 0. The molecule has 0 bridgehead atoms. The Hall–Kier alpha value is -2.86. The summed E-state index contributed by atoms with van der Waals surface area (Å²) in [6.45, 7) is 0.394. The van der Waals surface area contributed by atoms with Crippen molar-refractivity contribution in [1.29, 1.82) is 0 Å². The van der Waals surface area contributed by atoms with Crippen LogP contribution in [0.15, 0.2) is 54.9 Å². The van der Waals surface area contributed by atoms with E-state index in [0.717, 1.165) is 17.4 Å². The van der Waals surface area contributed by atoms with Crippen LogP contribution in [0.3, 0.4) is 0 Å². The molecule has 0 saturated carbocycles. The molecule has 4 nitrogen and oxygen atoms in total. The molecule has 1 atom stereocenters. The third kappa shape index (κ3) is 2.72. The normalized spacial score (nSPS) is 16.3. The average molecular weight is 326 g/mol. The number of benzene rings is 2. The standard InChI is InChI=1S/C18H12F2N2O2/c19-12-5-6-13(14(20)7-12)15-8-16(22-10-21-15)18-23-9-11-3-1-2-4-17(11)24-18/h1-8,10,18H,9H2. The van der Waals surface area contributed by atoms with Gasteiger partial charge in [0.05, 0.1) is 12.3 Å². The van der Waals surface area contributed by atoms with Gasteiger partial charge in [-0.2, -0.15) is 0 Å². The van der Waals surface area contributed by atoms with E-state index in [9.17, 15) is 8.78 Å². The largest absolute Gasteiger partial charge is 0.459 e. The highest BCUT2D eigenvalue weighted by Crippen LogP contribution is 2.33. The van der Waals surface area contributed by atoms with E-state index in [2.05, 4.69) is 9.97 Å². The lowest BCUT2D eigenvalue weighted by atomic mass is 10.1. The number of hydrogen-bond donors (Lipinski definition) is 0. The zero-order chi connectivity index (χ0) is 16.5. The van der Waals surface area contributed by atoms with Crippen molar-refractivity contribution in [3.63, 3.8) is 0 Å². The van der Waals surface area contributed by atoms with Crippen LogP contribution in [0.4, 0.5) is 8.78 Å². The van der Waals surface area contributed by atoms with Gasteiger partial charge >= 0.3 is 0 Å². The Labute approximate surface area is 136 Å². The molecule has 0 N–H and O–H groups in total. The van der Waals surface area contributed by atoms with Crippen LogP contribution in [-0.2, 0) is 11.3 Å². The molecule has 24 heavy (non-hydrogen) atoms. The Morgan fingerprint density at radius 3 is 2.75 bits per heavy atom. The second-order valence-corrected chi connectivity index (χ2v) is 5.32. The van der Waals surface area contributed by atoms with Crippen LogP contribution in [0.1, 0.15) is 17.5 Å². The Morgan fingerprint density at radius 2 is 1.88 bits per heavy atom. The van der Waals surface area contributed by atoms with Crippen LogP contribution in [0.25, 0.3) is 11.3 Å². The number of fused-ring (bicyclic) bond motifs is 1. The molecular weight excluding hydrogens is 314 g/mol. The molecule has 2 heterocycles. The van der Waals surface area contributed by atoms with Crippen LogP contribution < -0.4 is 4.74 Å². The fourth-order valence-corrected chi connectivity index (χ4v) is 2.54. The molecule has 4 rings (SSSR count). The predicted molar refractivity (Wildman–Crippen MR) is 82.0 cm³/mol. The van der Waals surface area contributed by atoms with Crippen LogP contribution in [0.2, 0.25) is 0 Å². The quantitative estimate of drug-likeness (QED) is 0.713. The molecule has 0 amide bonds. The number of rotatable bonds is 2. The minimum atomic E-state index is -0.704. The summed E-state index contributed by atoms with van der Waals surface area (Å²) >= 11 is 0. The minimum absolute atomic E-state index is 0.191. The molecule has 6 heteroatoms. The molecule has 0 radical (unpaired) electrons. The fourth-order valence-electron chi connectivity index (χ4n) is 2.54. The molecule has 1 aromatic heterocycles. The van der Waals surface area contributed by atoms with E-state index in [4.69, 9.17) is 9.47 Å². The first kappa shape index (κ1) is 14.7. The molecule has 0 saturated heterocycles. The summed E-state index contributed by atoms with van der Waals surface area (Å²) in [6.07, 6.45) is 0.603. The van der Waals surface area contributed by atoms with Crippen molar-refractivity contribution < 1.29 is 18.3 Å². The van der Waals surface area contributed by atoms with Gasteiger partial charge in [-0.15, -0.1) is 0 Å². The van der Waals surface area contributed by atoms with Crippen molar-refractivity contribution in [1.82, 2.24) is 9.97 Å². The smallest absolute Gasteiger partial charge is 0.244 e. The number of ether oxygens (including phenoxy) is 2. The van der Waals surface area contributed by atoms with Crippen LogP contribution in [0, 0.1) is 11.6 Å². The van der Waals surface area contributed by atoms with Gasteiger partial charge in [0.1, 0.15) is 29.4 Å². The van der Waals surface area contributed by atoms with Crippen molar-refractivity contribution >= 4 is 0 Å². The van der Waals surface area contributed by atoms with E-state index < -0.39 is 17.9 Å². The second-order valence-electron chi connectivity index (χ2n) is 5.32.